The van der Waals surface area contributed by atoms with E-state index in [0.717, 1.165) is 16.5 Å². The minimum atomic E-state index is 0.0166. The molecule has 0 aliphatic carbocycles. The molecule has 0 fully saturated rings. The zero-order chi connectivity index (χ0) is 17.1. The van der Waals surface area contributed by atoms with E-state index in [1.54, 1.807) is 6.07 Å². The SMILES string of the molecule is Oc1cc(NC(c2ccccc2)c2ccccc2)cc2ccccc12. The largest absolute Gasteiger partial charge is 0.507 e. The minimum Gasteiger partial charge on any atom is -0.507 e. The van der Waals surface area contributed by atoms with Crippen molar-refractivity contribution in [3.8, 4) is 5.75 Å². The lowest BCUT2D eigenvalue weighted by Crippen LogP contribution is -2.12. The first-order valence-electron chi connectivity index (χ1n) is 8.39. The zero-order valence-electron chi connectivity index (χ0n) is 13.8. The first kappa shape index (κ1) is 15.3. The van der Waals surface area contributed by atoms with Gasteiger partial charge in [0.15, 0.2) is 0 Å². The van der Waals surface area contributed by atoms with Crippen molar-refractivity contribution in [1.29, 1.82) is 0 Å². The molecule has 0 aromatic heterocycles. The van der Waals surface area contributed by atoms with Gasteiger partial charge in [0, 0.05) is 17.1 Å². The van der Waals surface area contributed by atoms with Crippen molar-refractivity contribution in [3.63, 3.8) is 0 Å². The summed E-state index contributed by atoms with van der Waals surface area (Å²) < 4.78 is 0. The van der Waals surface area contributed by atoms with Gasteiger partial charge in [0.05, 0.1) is 6.04 Å². The fraction of sp³-hybridized carbons (Fsp3) is 0.0435. The molecule has 0 unspecified atom stereocenters. The second kappa shape index (κ2) is 6.70. The number of rotatable bonds is 4. The molecular formula is C23H19NO. The van der Waals surface area contributed by atoms with E-state index in [-0.39, 0.29) is 6.04 Å². The molecule has 0 bridgehead atoms. The predicted octanol–water partition coefficient (Wildman–Crippen LogP) is 5.75. The number of hydrogen-bond acceptors (Lipinski definition) is 2. The van der Waals surface area contributed by atoms with Crippen LogP contribution in [0.4, 0.5) is 5.69 Å². The highest BCUT2D eigenvalue weighted by Gasteiger charge is 2.14. The first-order chi connectivity index (χ1) is 12.3. The number of hydrogen-bond donors (Lipinski definition) is 2. The number of fused-ring (bicyclic) bond motifs is 1. The Kier molecular flexibility index (Phi) is 4.09. The Morgan fingerprint density at radius 1 is 0.640 bits per heavy atom. The van der Waals surface area contributed by atoms with Crippen LogP contribution in [0.15, 0.2) is 97.1 Å². The molecule has 0 heterocycles. The molecule has 0 saturated carbocycles. The molecule has 2 N–H and O–H groups in total. The quantitative estimate of drug-likeness (QED) is 0.501. The van der Waals surface area contributed by atoms with Gasteiger partial charge in [-0.25, -0.2) is 0 Å². The van der Waals surface area contributed by atoms with Crippen LogP contribution in [0.1, 0.15) is 17.2 Å². The van der Waals surface area contributed by atoms with Crippen LogP contribution in [0.25, 0.3) is 10.8 Å². The van der Waals surface area contributed by atoms with Crippen molar-refractivity contribution in [3.05, 3.63) is 108 Å². The maximum absolute atomic E-state index is 10.4. The highest BCUT2D eigenvalue weighted by atomic mass is 16.3. The lowest BCUT2D eigenvalue weighted by Gasteiger charge is -2.21. The van der Waals surface area contributed by atoms with Crippen molar-refractivity contribution < 1.29 is 5.11 Å². The van der Waals surface area contributed by atoms with Crippen molar-refractivity contribution in [1.82, 2.24) is 0 Å². The number of anilines is 1. The van der Waals surface area contributed by atoms with Crippen molar-refractivity contribution in [2.75, 3.05) is 5.32 Å². The minimum absolute atomic E-state index is 0.0166. The second-order valence-corrected chi connectivity index (χ2v) is 6.12. The van der Waals surface area contributed by atoms with Gasteiger partial charge in [0.2, 0.25) is 0 Å². The number of benzene rings is 4. The molecule has 25 heavy (non-hydrogen) atoms. The number of phenols is 1. The molecule has 0 radical (unpaired) electrons. The molecule has 2 heteroatoms. The van der Waals surface area contributed by atoms with E-state index in [4.69, 9.17) is 0 Å². The average Bonchev–Trinajstić information content (AvgIpc) is 2.67. The Morgan fingerprint density at radius 2 is 1.20 bits per heavy atom. The molecule has 4 rings (SSSR count). The van der Waals surface area contributed by atoms with E-state index in [2.05, 4.69) is 35.6 Å². The fourth-order valence-electron chi connectivity index (χ4n) is 3.19. The molecule has 4 aromatic rings. The van der Waals surface area contributed by atoms with Gasteiger partial charge in [-0.3, -0.25) is 0 Å². The van der Waals surface area contributed by atoms with Gasteiger partial charge in [-0.05, 0) is 22.6 Å². The van der Waals surface area contributed by atoms with E-state index in [9.17, 15) is 5.11 Å². The summed E-state index contributed by atoms with van der Waals surface area (Å²) in [7, 11) is 0. The Balaban J connectivity index is 1.77. The van der Waals surface area contributed by atoms with Gasteiger partial charge in [-0.1, -0.05) is 84.9 Å². The summed E-state index contributed by atoms with van der Waals surface area (Å²) in [5, 5.41) is 15.8. The highest BCUT2D eigenvalue weighted by Crippen LogP contribution is 2.32. The van der Waals surface area contributed by atoms with Crippen LogP contribution >= 0.6 is 0 Å². The summed E-state index contributed by atoms with van der Waals surface area (Å²) in [6, 6.07) is 32.4. The highest BCUT2D eigenvalue weighted by molar-refractivity contribution is 5.91. The lowest BCUT2D eigenvalue weighted by molar-refractivity contribution is 0.482. The molecule has 2 nitrogen and oxygen atoms in total. The van der Waals surface area contributed by atoms with Gasteiger partial charge in [-0.15, -0.1) is 0 Å². The van der Waals surface area contributed by atoms with Crippen LogP contribution in [-0.2, 0) is 0 Å². The summed E-state index contributed by atoms with van der Waals surface area (Å²) >= 11 is 0. The van der Waals surface area contributed by atoms with Gasteiger partial charge >= 0.3 is 0 Å². The van der Waals surface area contributed by atoms with Crippen LogP contribution in [0.3, 0.4) is 0 Å². The Labute approximate surface area is 147 Å². The van der Waals surface area contributed by atoms with Crippen LogP contribution < -0.4 is 5.32 Å². The van der Waals surface area contributed by atoms with Crippen molar-refractivity contribution >= 4 is 16.5 Å². The third-order valence-corrected chi connectivity index (χ3v) is 4.42. The maximum atomic E-state index is 10.4. The van der Waals surface area contributed by atoms with Crippen LogP contribution in [-0.4, -0.2) is 5.11 Å². The standard InChI is InChI=1S/C23H19NO/c25-22-16-20(15-19-13-7-8-14-21(19)22)24-23(17-9-3-1-4-10-17)18-11-5-2-6-12-18/h1-16,23-25H. The normalized spacial score (nSPS) is 10.9. The van der Waals surface area contributed by atoms with Crippen LogP contribution in [0.2, 0.25) is 0 Å². The van der Waals surface area contributed by atoms with E-state index in [1.807, 2.05) is 60.7 Å². The summed E-state index contributed by atoms with van der Waals surface area (Å²) in [4.78, 5) is 0. The smallest absolute Gasteiger partial charge is 0.125 e. The summed E-state index contributed by atoms with van der Waals surface area (Å²) in [5.41, 5.74) is 3.26. The van der Waals surface area contributed by atoms with Crippen LogP contribution in [0, 0.1) is 0 Å². The topological polar surface area (TPSA) is 32.3 Å². The monoisotopic (exact) mass is 325 g/mol. The molecule has 122 valence electrons. The summed E-state index contributed by atoms with van der Waals surface area (Å²) in [5.74, 6) is 0.292. The molecule has 0 saturated heterocycles. The van der Waals surface area contributed by atoms with Crippen molar-refractivity contribution in [2.24, 2.45) is 0 Å². The number of nitrogens with one attached hydrogen (secondary N) is 1. The molecule has 0 spiro atoms. The molecular weight excluding hydrogens is 306 g/mol. The Bertz CT molecular complexity index is 941. The van der Waals surface area contributed by atoms with E-state index in [0.29, 0.717) is 5.75 Å². The average molecular weight is 325 g/mol. The summed E-state index contributed by atoms with van der Waals surface area (Å²) in [6.07, 6.45) is 0. The van der Waals surface area contributed by atoms with Crippen molar-refractivity contribution in [2.45, 2.75) is 6.04 Å². The third kappa shape index (κ3) is 3.20. The van der Waals surface area contributed by atoms with Crippen LogP contribution in [0.5, 0.6) is 5.75 Å². The Morgan fingerprint density at radius 3 is 1.84 bits per heavy atom. The third-order valence-electron chi connectivity index (χ3n) is 4.42. The van der Waals surface area contributed by atoms with E-state index in [1.165, 1.54) is 11.1 Å². The summed E-state index contributed by atoms with van der Waals surface area (Å²) in [6.45, 7) is 0. The van der Waals surface area contributed by atoms with Gasteiger partial charge < -0.3 is 10.4 Å². The van der Waals surface area contributed by atoms with Gasteiger partial charge in [0.25, 0.3) is 0 Å². The lowest BCUT2D eigenvalue weighted by atomic mass is 9.98. The number of aromatic hydroxyl groups is 1. The fourth-order valence-corrected chi connectivity index (χ4v) is 3.19. The van der Waals surface area contributed by atoms with Gasteiger partial charge in [-0.2, -0.15) is 0 Å². The Hall–Kier alpha value is -3.26. The van der Waals surface area contributed by atoms with E-state index >= 15 is 0 Å². The molecule has 0 amide bonds. The predicted molar refractivity (Wildman–Crippen MR) is 104 cm³/mol. The zero-order valence-corrected chi connectivity index (χ0v) is 13.8. The number of phenolic OH excluding ortho intramolecular Hbond substituents is 1. The van der Waals surface area contributed by atoms with Gasteiger partial charge in [0.1, 0.15) is 5.75 Å². The molecule has 4 aromatic carbocycles. The molecule has 0 aliphatic rings. The molecule has 0 aliphatic heterocycles. The first-order valence-corrected chi connectivity index (χ1v) is 8.39. The van der Waals surface area contributed by atoms with E-state index < -0.39 is 0 Å². The second-order valence-electron chi connectivity index (χ2n) is 6.12. The molecule has 0 atom stereocenters. The maximum Gasteiger partial charge on any atom is 0.125 e.